The summed E-state index contributed by atoms with van der Waals surface area (Å²) in [6.07, 6.45) is 3.83. The van der Waals surface area contributed by atoms with Gasteiger partial charge in [0.1, 0.15) is 5.52 Å². The second-order valence-electron chi connectivity index (χ2n) is 9.31. The van der Waals surface area contributed by atoms with Crippen molar-refractivity contribution in [3.63, 3.8) is 0 Å². The topological polar surface area (TPSA) is 75.9 Å². The van der Waals surface area contributed by atoms with E-state index in [9.17, 15) is 4.79 Å². The Balaban J connectivity index is 1.34. The van der Waals surface area contributed by atoms with Gasteiger partial charge in [0.05, 0.1) is 10.8 Å². The molecular weight excluding hydrogens is 456 g/mol. The lowest BCUT2D eigenvalue weighted by Gasteiger charge is -2.26. The molecule has 2 aromatic heterocycles. The fourth-order valence-corrected chi connectivity index (χ4v) is 5.44. The molecule has 0 bridgehead atoms. The number of aromatic nitrogens is 4. The van der Waals surface area contributed by atoms with Gasteiger partial charge in [0, 0.05) is 25.0 Å². The van der Waals surface area contributed by atoms with E-state index in [0.717, 1.165) is 41.7 Å². The Morgan fingerprint density at radius 1 is 1.09 bits per heavy atom. The average molecular weight is 489 g/mol. The lowest BCUT2D eigenvalue weighted by Crippen LogP contribution is -2.39. The van der Waals surface area contributed by atoms with Crippen molar-refractivity contribution in [3.05, 3.63) is 59.7 Å². The minimum Gasteiger partial charge on any atom is -0.354 e. The van der Waals surface area contributed by atoms with Gasteiger partial charge in [-0.3, -0.25) is 4.79 Å². The Morgan fingerprint density at radius 2 is 1.89 bits per heavy atom. The van der Waals surface area contributed by atoms with Crippen molar-refractivity contribution in [1.29, 1.82) is 0 Å². The largest absolute Gasteiger partial charge is 0.354 e. The van der Waals surface area contributed by atoms with Crippen LogP contribution in [-0.2, 0) is 11.3 Å². The number of thioether (sulfide) groups is 1. The van der Waals surface area contributed by atoms with Crippen molar-refractivity contribution in [2.24, 2.45) is 0 Å². The second-order valence-corrected chi connectivity index (χ2v) is 10.6. The Hall–Kier alpha value is -2.97. The highest BCUT2D eigenvalue weighted by Crippen LogP contribution is 2.29. The summed E-state index contributed by atoms with van der Waals surface area (Å²) in [6, 6.07) is 16.7. The molecule has 5 rings (SSSR count). The normalized spacial score (nSPS) is 15.5. The van der Waals surface area contributed by atoms with Crippen LogP contribution in [0.5, 0.6) is 0 Å². The van der Waals surface area contributed by atoms with Gasteiger partial charge < -0.3 is 14.8 Å². The molecule has 1 unspecified atom stereocenters. The molecule has 2 aromatic carbocycles. The number of hydrogen-bond donors (Lipinski definition) is 1. The highest BCUT2D eigenvalue weighted by atomic mass is 32.2. The molecule has 1 aliphatic heterocycles. The first-order valence-corrected chi connectivity index (χ1v) is 13.3. The zero-order valence-corrected chi connectivity index (χ0v) is 21.2. The van der Waals surface area contributed by atoms with Crippen LogP contribution < -0.4 is 5.32 Å². The molecule has 1 atom stereocenters. The molecule has 0 radical (unpaired) electrons. The highest BCUT2D eigenvalue weighted by molar-refractivity contribution is 8.00. The van der Waals surface area contributed by atoms with Crippen LogP contribution >= 0.6 is 11.8 Å². The maximum atomic E-state index is 12.7. The number of piperidine rings is 1. The molecule has 1 saturated heterocycles. The third kappa shape index (κ3) is 5.49. The van der Waals surface area contributed by atoms with E-state index in [-0.39, 0.29) is 11.2 Å². The number of fused-ring (bicyclic) bond motifs is 3. The third-order valence-electron chi connectivity index (χ3n) is 6.61. The number of nitrogens with zero attached hydrogens (tertiary/aromatic N) is 5. The summed E-state index contributed by atoms with van der Waals surface area (Å²) in [6.45, 7) is 8.53. The first-order valence-electron chi connectivity index (χ1n) is 12.4. The van der Waals surface area contributed by atoms with Crippen LogP contribution in [0, 0.1) is 6.92 Å². The molecule has 1 fully saturated rings. The van der Waals surface area contributed by atoms with Crippen molar-refractivity contribution >= 4 is 39.7 Å². The number of rotatable bonds is 8. The fourth-order valence-electron chi connectivity index (χ4n) is 4.71. The number of nitrogens with one attached hydrogen (secondary N) is 1. The molecule has 7 nitrogen and oxygen atoms in total. The van der Waals surface area contributed by atoms with Gasteiger partial charge in [-0.15, -0.1) is 10.2 Å². The molecular formula is C27H32N6OS. The Labute approximate surface area is 210 Å². The first kappa shape index (κ1) is 23.8. The van der Waals surface area contributed by atoms with Gasteiger partial charge in [0.2, 0.25) is 11.1 Å². The van der Waals surface area contributed by atoms with Gasteiger partial charge in [-0.1, -0.05) is 60.1 Å². The predicted octanol–water partition coefficient (Wildman–Crippen LogP) is 4.42. The van der Waals surface area contributed by atoms with Gasteiger partial charge in [-0.25, -0.2) is 4.98 Å². The van der Waals surface area contributed by atoms with Gasteiger partial charge in [0.25, 0.3) is 0 Å². The van der Waals surface area contributed by atoms with Crippen LogP contribution in [-0.4, -0.2) is 62.0 Å². The molecule has 0 saturated carbocycles. The van der Waals surface area contributed by atoms with Crippen molar-refractivity contribution in [2.75, 3.05) is 26.2 Å². The van der Waals surface area contributed by atoms with E-state index in [2.05, 4.69) is 62.2 Å². The van der Waals surface area contributed by atoms with E-state index in [1.54, 1.807) is 0 Å². The number of carbonyl (C=O) groups excluding carboxylic acids is 1. The molecule has 1 N–H and O–H groups in total. The second kappa shape index (κ2) is 10.7. The Kier molecular flexibility index (Phi) is 7.29. The smallest absolute Gasteiger partial charge is 0.233 e. The molecule has 3 heterocycles. The van der Waals surface area contributed by atoms with Gasteiger partial charge in [-0.2, -0.15) is 0 Å². The monoisotopic (exact) mass is 488 g/mol. The lowest BCUT2D eigenvalue weighted by atomic mass is 10.1. The van der Waals surface area contributed by atoms with E-state index >= 15 is 0 Å². The summed E-state index contributed by atoms with van der Waals surface area (Å²) in [5, 5.41) is 13.3. The molecule has 8 heteroatoms. The number of amides is 1. The summed E-state index contributed by atoms with van der Waals surface area (Å²) in [5.41, 5.74) is 5.04. The molecule has 4 aromatic rings. The van der Waals surface area contributed by atoms with Crippen LogP contribution in [0.2, 0.25) is 0 Å². The van der Waals surface area contributed by atoms with Gasteiger partial charge >= 0.3 is 0 Å². The van der Waals surface area contributed by atoms with Crippen molar-refractivity contribution in [1.82, 2.24) is 30.0 Å². The zero-order valence-electron chi connectivity index (χ0n) is 20.4. The summed E-state index contributed by atoms with van der Waals surface area (Å²) in [5.74, 6) is 0.0103. The summed E-state index contributed by atoms with van der Waals surface area (Å²) in [7, 11) is 0. The van der Waals surface area contributed by atoms with Crippen LogP contribution in [0.4, 0.5) is 0 Å². The SMILES string of the molecule is Cc1ccc2c(c1)c1nnc(SC(C)C(=O)NCCN3CCCCC3)nc1n2Cc1ccccc1. The molecule has 0 spiro atoms. The third-order valence-corrected chi connectivity index (χ3v) is 7.56. The van der Waals surface area contributed by atoms with Crippen LogP contribution in [0.3, 0.4) is 0 Å². The van der Waals surface area contributed by atoms with Gasteiger partial charge in [-0.05, 0) is 57.5 Å². The molecule has 1 aliphatic rings. The quantitative estimate of drug-likeness (QED) is 0.370. The number of aryl methyl sites for hydroxylation is 1. The van der Waals surface area contributed by atoms with E-state index in [1.807, 2.05) is 25.1 Å². The van der Waals surface area contributed by atoms with E-state index in [1.165, 1.54) is 42.2 Å². The minimum absolute atomic E-state index is 0.0103. The van der Waals surface area contributed by atoms with Crippen LogP contribution in [0.25, 0.3) is 22.1 Å². The fraction of sp³-hybridized carbons (Fsp3) is 0.407. The molecule has 1 amide bonds. The standard InChI is InChI=1S/C27H32N6OS/c1-19-11-12-23-22(17-19)24-25(33(23)18-21-9-5-3-6-10-21)29-27(31-30-24)35-20(2)26(34)28-13-16-32-14-7-4-8-15-32/h3,5-6,9-12,17,20H,4,7-8,13-16,18H2,1-2H3,(H,28,34). The highest BCUT2D eigenvalue weighted by Gasteiger charge is 2.20. The van der Waals surface area contributed by atoms with E-state index < -0.39 is 0 Å². The maximum Gasteiger partial charge on any atom is 0.233 e. The van der Waals surface area contributed by atoms with Crippen molar-refractivity contribution < 1.29 is 4.79 Å². The Bertz CT molecular complexity index is 1320. The number of hydrogen-bond acceptors (Lipinski definition) is 6. The number of likely N-dealkylation sites (tertiary alicyclic amines) is 1. The molecule has 0 aliphatic carbocycles. The molecule has 35 heavy (non-hydrogen) atoms. The van der Waals surface area contributed by atoms with Crippen LogP contribution in [0.1, 0.15) is 37.3 Å². The van der Waals surface area contributed by atoms with Gasteiger partial charge in [0.15, 0.2) is 5.65 Å². The average Bonchev–Trinajstić information content (AvgIpc) is 3.17. The summed E-state index contributed by atoms with van der Waals surface area (Å²) in [4.78, 5) is 20.0. The van der Waals surface area contributed by atoms with Crippen molar-refractivity contribution in [2.45, 2.75) is 50.1 Å². The van der Waals surface area contributed by atoms with E-state index in [0.29, 0.717) is 18.2 Å². The zero-order chi connectivity index (χ0) is 24.2. The Morgan fingerprint density at radius 3 is 2.69 bits per heavy atom. The lowest BCUT2D eigenvalue weighted by molar-refractivity contribution is -0.120. The minimum atomic E-state index is -0.301. The number of carbonyl (C=O) groups is 1. The predicted molar refractivity (Wildman–Crippen MR) is 142 cm³/mol. The number of benzene rings is 2. The van der Waals surface area contributed by atoms with Crippen molar-refractivity contribution in [3.8, 4) is 0 Å². The first-order chi connectivity index (χ1) is 17.1. The van der Waals surface area contributed by atoms with Crippen LogP contribution in [0.15, 0.2) is 53.7 Å². The summed E-state index contributed by atoms with van der Waals surface area (Å²) >= 11 is 1.36. The molecule has 182 valence electrons. The van der Waals surface area contributed by atoms with E-state index in [4.69, 9.17) is 4.98 Å². The summed E-state index contributed by atoms with van der Waals surface area (Å²) < 4.78 is 2.20. The maximum absolute atomic E-state index is 12.7.